The first-order chi connectivity index (χ1) is 12.1. The van der Waals surface area contributed by atoms with Gasteiger partial charge in [0.1, 0.15) is 17.3 Å². The highest BCUT2D eigenvalue weighted by molar-refractivity contribution is 7.97. The monoisotopic (exact) mass is 379 g/mol. The highest BCUT2D eigenvalue weighted by Gasteiger charge is 2.12. The Hall–Kier alpha value is -2.18. The Morgan fingerprint density at radius 2 is 2.00 bits per heavy atom. The van der Waals surface area contributed by atoms with E-state index in [1.54, 1.807) is 42.7 Å². The minimum absolute atomic E-state index is 0.228. The molecule has 25 heavy (non-hydrogen) atoms. The number of benzene rings is 1. The first-order valence-electron chi connectivity index (χ1n) is 7.53. The molecule has 0 spiro atoms. The molecule has 0 saturated carbocycles. The molecule has 4 nitrogen and oxygen atoms in total. The molecule has 0 fully saturated rings. The van der Waals surface area contributed by atoms with E-state index in [-0.39, 0.29) is 17.5 Å². The first kappa shape index (κ1) is 17.6. The molecule has 1 aromatic carbocycles. The lowest BCUT2D eigenvalue weighted by molar-refractivity contribution is 0.0919. The zero-order chi connectivity index (χ0) is 17.6. The van der Waals surface area contributed by atoms with E-state index in [1.165, 1.54) is 17.8 Å². The van der Waals surface area contributed by atoms with Gasteiger partial charge in [0.15, 0.2) is 5.76 Å². The van der Waals surface area contributed by atoms with Crippen LogP contribution >= 0.6 is 23.4 Å². The van der Waals surface area contributed by atoms with Gasteiger partial charge in [0.05, 0.1) is 18.6 Å². The summed E-state index contributed by atoms with van der Waals surface area (Å²) in [5.41, 5.74) is 0.470. The minimum atomic E-state index is -0.322. The topological polar surface area (TPSA) is 55.4 Å². The van der Waals surface area contributed by atoms with Crippen molar-refractivity contribution in [3.05, 3.63) is 82.4 Å². The second-order valence-corrected chi connectivity index (χ2v) is 6.61. The number of hydrogen-bond acceptors (Lipinski definition) is 4. The van der Waals surface area contributed by atoms with Crippen LogP contribution in [-0.2, 0) is 18.1 Å². The lowest BCUT2D eigenvalue weighted by atomic mass is 10.2. The van der Waals surface area contributed by atoms with Crippen LogP contribution in [0.3, 0.4) is 0 Å². The van der Waals surface area contributed by atoms with E-state index in [9.17, 15) is 9.18 Å². The molecule has 0 atom stereocenters. The van der Waals surface area contributed by atoms with Gasteiger partial charge in [0.25, 0.3) is 5.91 Å². The average Bonchev–Trinajstić information content (AvgIpc) is 3.27. The van der Waals surface area contributed by atoms with Crippen LogP contribution in [0, 0.1) is 5.82 Å². The molecule has 0 bridgehead atoms. The molecule has 0 unspecified atom stereocenters. The van der Waals surface area contributed by atoms with Crippen LogP contribution in [0.2, 0.25) is 5.02 Å². The van der Waals surface area contributed by atoms with E-state index < -0.39 is 0 Å². The molecule has 0 aliphatic heterocycles. The van der Waals surface area contributed by atoms with Crippen LogP contribution in [0.25, 0.3) is 0 Å². The van der Waals surface area contributed by atoms with Gasteiger partial charge in [-0.1, -0.05) is 17.7 Å². The fraction of sp³-hybridized carbons (Fsp3) is 0.167. The molecule has 1 amide bonds. The van der Waals surface area contributed by atoms with E-state index >= 15 is 0 Å². The molecule has 3 rings (SSSR count). The Morgan fingerprint density at radius 3 is 2.76 bits per heavy atom. The van der Waals surface area contributed by atoms with Crippen LogP contribution in [-0.4, -0.2) is 5.91 Å². The highest BCUT2D eigenvalue weighted by atomic mass is 35.5. The molecule has 0 radical (unpaired) electrons. The Morgan fingerprint density at radius 1 is 1.12 bits per heavy atom. The van der Waals surface area contributed by atoms with Crippen LogP contribution < -0.4 is 5.32 Å². The summed E-state index contributed by atoms with van der Waals surface area (Å²) in [6.45, 7) is 0.294. The van der Waals surface area contributed by atoms with Crippen molar-refractivity contribution in [3.63, 3.8) is 0 Å². The van der Waals surface area contributed by atoms with E-state index in [2.05, 4.69) is 5.32 Å². The Labute approximate surface area is 153 Å². The molecule has 1 N–H and O–H groups in total. The molecular weight excluding hydrogens is 365 g/mol. The lowest BCUT2D eigenvalue weighted by Gasteiger charge is -2.04. The second kappa shape index (κ2) is 8.27. The van der Waals surface area contributed by atoms with Gasteiger partial charge in [-0.05, 0) is 36.4 Å². The van der Waals surface area contributed by atoms with Crippen molar-refractivity contribution >= 4 is 29.3 Å². The number of rotatable bonds is 7. The second-order valence-electron chi connectivity index (χ2n) is 5.22. The summed E-state index contributed by atoms with van der Waals surface area (Å²) in [7, 11) is 0. The summed E-state index contributed by atoms with van der Waals surface area (Å²) in [6, 6.07) is 11.5. The Balaban J connectivity index is 1.50. The number of carbonyl (C=O) groups excluding carboxylic acids is 1. The van der Waals surface area contributed by atoms with E-state index in [0.717, 1.165) is 0 Å². The van der Waals surface area contributed by atoms with Crippen molar-refractivity contribution in [3.8, 4) is 0 Å². The molecule has 0 aliphatic carbocycles. The highest BCUT2D eigenvalue weighted by Crippen LogP contribution is 2.26. The summed E-state index contributed by atoms with van der Waals surface area (Å²) in [6.07, 6.45) is 1.55. The normalized spacial score (nSPS) is 10.8. The molecule has 3 aromatic rings. The van der Waals surface area contributed by atoms with Gasteiger partial charge in [0.2, 0.25) is 0 Å². The van der Waals surface area contributed by atoms with Crippen molar-refractivity contribution in [2.24, 2.45) is 0 Å². The van der Waals surface area contributed by atoms with Gasteiger partial charge < -0.3 is 14.2 Å². The third-order valence-electron chi connectivity index (χ3n) is 3.44. The number of amides is 1. The van der Waals surface area contributed by atoms with Crippen molar-refractivity contribution in [2.75, 3.05) is 0 Å². The molecule has 130 valence electrons. The maximum absolute atomic E-state index is 13.7. The summed E-state index contributed by atoms with van der Waals surface area (Å²) < 4.78 is 24.4. The summed E-state index contributed by atoms with van der Waals surface area (Å²) in [5.74, 6) is 1.83. The summed E-state index contributed by atoms with van der Waals surface area (Å²) >= 11 is 7.46. The first-order valence-corrected chi connectivity index (χ1v) is 9.06. The van der Waals surface area contributed by atoms with Crippen molar-refractivity contribution < 1.29 is 18.0 Å². The molecule has 2 aromatic heterocycles. The molecule has 0 saturated heterocycles. The third-order valence-corrected chi connectivity index (χ3v) is 4.78. The van der Waals surface area contributed by atoms with Gasteiger partial charge in [-0.2, -0.15) is 0 Å². The maximum atomic E-state index is 13.7. The fourth-order valence-electron chi connectivity index (χ4n) is 2.17. The SMILES string of the molecule is O=C(NCc1ccco1)c1ccc(CSCc2c(F)cccc2Cl)o1. The van der Waals surface area contributed by atoms with Crippen molar-refractivity contribution in [1.82, 2.24) is 5.32 Å². The van der Waals surface area contributed by atoms with Crippen LogP contribution in [0.4, 0.5) is 4.39 Å². The maximum Gasteiger partial charge on any atom is 0.287 e. The largest absolute Gasteiger partial charge is 0.467 e. The van der Waals surface area contributed by atoms with Gasteiger partial charge >= 0.3 is 0 Å². The van der Waals surface area contributed by atoms with Crippen molar-refractivity contribution in [1.29, 1.82) is 0 Å². The molecule has 2 heterocycles. The average molecular weight is 380 g/mol. The quantitative estimate of drug-likeness (QED) is 0.625. The number of carbonyl (C=O) groups is 1. The van der Waals surface area contributed by atoms with Crippen LogP contribution in [0.15, 0.2) is 57.6 Å². The number of halogens is 2. The number of thioether (sulfide) groups is 1. The number of furan rings is 2. The van der Waals surface area contributed by atoms with Crippen LogP contribution in [0.1, 0.15) is 27.6 Å². The molecule has 7 heteroatoms. The predicted octanol–water partition coefficient (Wildman–Crippen LogP) is 5.03. The van der Waals surface area contributed by atoms with Gasteiger partial charge in [0, 0.05) is 16.3 Å². The molecular formula is C18H15ClFNO3S. The zero-order valence-corrected chi connectivity index (χ0v) is 14.7. The third kappa shape index (κ3) is 4.67. The lowest BCUT2D eigenvalue weighted by Crippen LogP contribution is -2.21. The van der Waals surface area contributed by atoms with E-state index in [4.69, 9.17) is 20.4 Å². The van der Waals surface area contributed by atoms with Crippen LogP contribution in [0.5, 0.6) is 0 Å². The molecule has 0 aliphatic rings. The fourth-order valence-corrected chi connectivity index (χ4v) is 3.43. The van der Waals surface area contributed by atoms with E-state index in [1.807, 2.05) is 0 Å². The number of hydrogen-bond donors (Lipinski definition) is 1. The summed E-state index contributed by atoms with van der Waals surface area (Å²) in [5, 5.41) is 3.12. The minimum Gasteiger partial charge on any atom is -0.467 e. The van der Waals surface area contributed by atoms with Gasteiger partial charge in [-0.25, -0.2) is 4.39 Å². The summed E-state index contributed by atoms with van der Waals surface area (Å²) in [4.78, 5) is 12.0. The van der Waals surface area contributed by atoms with Crippen molar-refractivity contribution in [2.45, 2.75) is 18.1 Å². The number of nitrogens with one attached hydrogen (secondary N) is 1. The Kier molecular flexibility index (Phi) is 5.83. The Bertz CT molecular complexity index is 828. The standard InChI is InChI=1S/C18H15ClFNO3S/c19-15-4-1-5-16(20)14(15)11-25-10-13-6-7-17(24-13)18(22)21-9-12-3-2-8-23-12/h1-8H,9-11H2,(H,21,22). The van der Waals surface area contributed by atoms with E-state index in [0.29, 0.717) is 40.2 Å². The van der Waals surface area contributed by atoms with Gasteiger partial charge in [-0.3, -0.25) is 4.79 Å². The zero-order valence-electron chi connectivity index (χ0n) is 13.1. The van der Waals surface area contributed by atoms with Gasteiger partial charge in [-0.15, -0.1) is 11.8 Å². The predicted molar refractivity (Wildman–Crippen MR) is 95.0 cm³/mol. The smallest absolute Gasteiger partial charge is 0.287 e.